The molecule has 0 atom stereocenters. The molecule has 9 heteroatoms. The fourth-order valence-corrected chi connectivity index (χ4v) is 2.19. The van der Waals surface area contributed by atoms with Gasteiger partial charge in [0.2, 0.25) is 0 Å². The number of aromatic nitrogens is 4. The zero-order valence-electron chi connectivity index (χ0n) is 12.8. The molecule has 0 spiro atoms. The van der Waals surface area contributed by atoms with Crippen LogP contribution < -0.4 is 10.1 Å². The molecular weight excluding hydrogens is 332 g/mol. The maximum atomic E-state index is 12.3. The van der Waals surface area contributed by atoms with Crippen LogP contribution in [0.2, 0.25) is 0 Å². The summed E-state index contributed by atoms with van der Waals surface area (Å²) in [5.74, 6) is -0.266. The summed E-state index contributed by atoms with van der Waals surface area (Å²) in [6.07, 6.45) is 1.42. The van der Waals surface area contributed by atoms with E-state index in [1.165, 1.54) is 23.1 Å². The number of benzene rings is 2. The molecule has 0 fully saturated rings. The Morgan fingerprint density at radius 2 is 2.04 bits per heavy atom. The molecule has 3 rings (SSSR count). The van der Waals surface area contributed by atoms with Gasteiger partial charge in [-0.3, -0.25) is 4.79 Å². The van der Waals surface area contributed by atoms with Crippen LogP contribution in [0, 0.1) is 0 Å². The number of carbonyl (C=O) groups excluding carboxylic acids is 1. The summed E-state index contributed by atoms with van der Waals surface area (Å²) in [5.41, 5.74) is 1.71. The molecule has 2 aromatic carbocycles. The minimum Gasteiger partial charge on any atom is -0.435 e. The van der Waals surface area contributed by atoms with Crippen LogP contribution in [0.15, 0.2) is 54.9 Å². The minimum atomic E-state index is -2.89. The van der Waals surface area contributed by atoms with Crippen molar-refractivity contribution in [2.75, 3.05) is 0 Å². The lowest BCUT2D eigenvalue weighted by atomic mass is 10.1. The Labute approximate surface area is 141 Å². The second-order valence-corrected chi connectivity index (χ2v) is 5.01. The normalized spacial score (nSPS) is 10.7. The number of hydrogen-bond donors (Lipinski definition) is 1. The SMILES string of the molecule is O=C(NCc1cccc(OC(F)F)c1)c1cccc(-n2cnnn2)c1. The lowest BCUT2D eigenvalue weighted by Crippen LogP contribution is -2.23. The topological polar surface area (TPSA) is 81.9 Å². The molecule has 7 nitrogen and oxygen atoms in total. The highest BCUT2D eigenvalue weighted by Crippen LogP contribution is 2.16. The van der Waals surface area contributed by atoms with Gasteiger partial charge in [0.15, 0.2) is 0 Å². The van der Waals surface area contributed by atoms with Gasteiger partial charge < -0.3 is 10.1 Å². The van der Waals surface area contributed by atoms with Crippen molar-refractivity contribution in [1.82, 2.24) is 25.5 Å². The van der Waals surface area contributed by atoms with E-state index in [2.05, 4.69) is 25.6 Å². The standard InChI is InChI=1S/C16H13F2N5O2/c17-16(18)25-14-6-1-3-11(7-14)9-19-15(24)12-4-2-5-13(8-12)23-10-20-21-22-23/h1-8,10,16H,9H2,(H,19,24). The van der Waals surface area contributed by atoms with Crippen molar-refractivity contribution >= 4 is 5.91 Å². The van der Waals surface area contributed by atoms with Gasteiger partial charge in [0.05, 0.1) is 5.69 Å². The van der Waals surface area contributed by atoms with Crippen molar-refractivity contribution in [3.63, 3.8) is 0 Å². The predicted molar refractivity (Wildman–Crippen MR) is 83.4 cm³/mol. The predicted octanol–water partition coefficient (Wildman–Crippen LogP) is 2.19. The molecule has 0 aliphatic heterocycles. The summed E-state index contributed by atoms with van der Waals surface area (Å²) in [5, 5.41) is 13.6. The van der Waals surface area contributed by atoms with Gasteiger partial charge in [-0.15, -0.1) is 5.10 Å². The fraction of sp³-hybridized carbons (Fsp3) is 0.125. The Hall–Kier alpha value is -3.36. The molecule has 1 heterocycles. The van der Waals surface area contributed by atoms with E-state index < -0.39 is 6.61 Å². The van der Waals surface area contributed by atoms with Crippen LogP contribution in [0.1, 0.15) is 15.9 Å². The first-order valence-corrected chi connectivity index (χ1v) is 7.27. The van der Waals surface area contributed by atoms with Crippen LogP contribution in [-0.4, -0.2) is 32.7 Å². The average Bonchev–Trinajstić information content (AvgIpc) is 3.14. The molecule has 0 unspecified atom stereocenters. The number of rotatable bonds is 6. The summed E-state index contributed by atoms with van der Waals surface area (Å²) in [4.78, 5) is 12.3. The van der Waals surface area contributed by atoms with Crippen LogP contribution in [-0.2, 0) is 6.54 Å². The smallest absolute Gasteiger partial charge is 0.387 e. The monoisotopic (exact) mass is 345 g/mol. The van der Waals surface area contributed by atoms with E-state index in [0.717, 1.165) is 0 Å². The van der Waals surface area contributed by atoms with E-state index >= 15 is 0 Å². The highest BCUT2D eigenvalue weighted by atomic mass is 19.3. The quantitative estimate of drug-likeness (QED) is 0.741. The summed E-state index contributed by atoms with van der Waals surface area (Å²) in [7, 11) is 0. The first kappa shape index (κ1) is 16.5. The third-order valence-electron chi connectivity index (χ3n) is 3.30. The van der Waals surface area contributed by atoms with Crippen LogP contribution in [0.5, 0.6) is 5.75 Å². The summed E-state index contributed by atoms with van der Waals surface area (Å²) in [6.45, 7) is -2.71. The highest BCUT2D eigenvalue weighted by Gasteiger charge is 2.09. The van der Waals surface area contributed by atoms with Crippen molar-refractivity contribution in [3.8, 4) is 11.4 Å². The molecule has 128 valence electrons. The molecular formula is C16H13F2N5O2. The van der Waals surface area contributed by atoms with Gasteiger partial charge in [0.25, 0.3) is 5.91 Å². The first-order valence-electron chi connectivity index (χ1n) is 7.27. The summed E-state index contributed by atoms with van der Waals surface area (Å²) < 4.78 is 30.2. The van der Waals surface area contributed by atoms with E-state index in [9.17, 15) is 13.6 Å². The van der Waals surface area contributed by atoms with Gasteiger partial charge in [-0.2, -0.15) is 8.78 Å². The first-order chi connectivity index (χ1) is 12.1. The maximum absolute atomic E-state index is 12.3. The second kappa shape index (κ2) is 7.47. The Morgan fingerprint density at radius 3 is 2.80 bits per heavy atom. The maximum Gasteiger partial charge on any atom is 0.387 e. The number of amides is 1. The van der Waals surface area contributed by atoms with Gasteiger partial charge >= 0.3 is 6.61 Å². The molecule has 0 radical (unpaired) electrons. The van der Waals surface area contributed by atoms with Gasteiger partial charge in [-0.25, -0.2) is 4.68 Å². The van der Waals surface area contributed by atoms with Gasteiger partial charge in [-0.05, 0) is 46.3 Å². The van der Waals surface area contributed by atoms with Crippen molar-refractivity contribution in [3.05, 3.63) is 66.0 Å². The number of halogens is 2. The number of tetrazole rings is 1. The zero-order valence-corrected chi connectivity index (χ0v) is 12.8. The summed E-state index contributed by atoms with van der Waals surface area (Å²) in [6, 6.07) is 12.9. The zero-order chi connectivity index (χ0) is 17.6. The summed E-state index contributed by atoms with van der Waals surface area (Å²) >= 11 is 0. The Morgan fingerprint density at radius 1 is 1.20 bits per heavy atom. The molecule has 3 aromatic rings. The number of nitrogens with one attached hydrogen (secondary N) is 1. The van der Waals surface area contributed by atoms with E-state index in [1.807, 2.05) is 0 Å². The average molecular weight is 345 g/mol. The molecule has 0 aliphatic rings. The minimum absolute atomic E-state index is 0.0439. The van der Waals surface area contributed by atoms with Gasteiger partial charge in [-0.1, -0.05) is 18.2 Å². The molecule has 0 saturated carbocycles. The van der Waals surface area contributed by atoms with Crippen LogP contribution in [0.25, 0.3) is 5.69 Å². The number of nitrogens with zero attached hydrogens (tertiary/aromatic N) is 4. The van der Waals surface area contributed by atoms with Crippen molar-refractivity contribution in [2.24, 2.45) is 0 Å². The molecule has 1 N–H and O–H groups in total. The molecule has 25 heavy (non-hydrogen) atoms. The van der Waals surface area contributed by atoms with Gasteiger partial charge in [0, 0.05) is 12.1 Å². The molecule has 1 amide bonds. The van der Waals surface area contributed by atoms with Crippen LogP contribution >= 0.6 is 0 Å². The fourth-order valence-electron chi connectivity index (χ4n) is 2.19. The Kier molecular flexibility index (Phi) is 4.93. The third-order valence-corrected chi connectivity index (χ3v) is 3.30. The highest BCUT2D eigenvalue weighted by molar-refractivity contribution is 5.94. The van der Waals surface area contributed by atoms with Crippen molar-refractivity contribution < 1.29 is 18.3 Å². The number of ether oxygens (including phenoxy) is 1. The van der Waals surface area contributed by atoms with E-state index in [0.29, 0.717) is 16.8 Å². The largest absolute Gasteiger partial charge is 0.435 e. The Balaban J connectivity index is 1.66. The number of alkyl halides is 2. The van der Waals surface area contributed by atoms with Crippen molar-refractivity contribution in [2.45, 2.75) is 13.2 Å². The van der Waals surface area contributed by atoms with Crippen LogP contribution in [0.3, 0.4) is 0 Å². The van der Waals surface area contributed by atoms with E-state index in [-0.39, 0.29) is 18.2 Å². The van der Waals surface area contributed by atoms with Crippen molar-refractivity contribution in [1.29, 1.82) is 0 Å². The molecule has 0 saturated heterocycles. The lowest BCUT2D eigenvalue weighted by Gasteiger charge is -2.09. The lowest BCUT2D eigenvalue weighted by molar-refractivity contribution is -0.0498. The van der Waals surface area contributed by atoms with Crippen LogP contribution in [0.4, 0.5) is 8.78 Å². The number of carbonyl (C=O) groups is 1. The second-order valence-electron chi connectivity index (χ2n) is 5.01. The third kappa shape index (κ3) is 4.34. The molecule has 0 bridgehead atoms. The molecule has 1 aromatic heterocycles. The number of hydrogen-bond acceptors (Lipinski definition) is 5. The van der Waals surface area contributed by atoms with E-state index in [1.54, 1.807) is 36.4 Å². The molecule has 0 aliphatic carbocycles. The Bertz CT molecular complexity index is 855. The van der Waals surface area contributed by atoms with E-state index in [4.69, 9.17) is 0 Å². The van der Waals surface area contributed by atoms with Gasteiger partial charge in [0.1, 0.15) is 12.1 Å².